The van der Waals surface area contributed by atoms with Gasteiger partial charge in [-0.25, -0.2) is 0 Å². The fourth-order valence-electron chi connectivity index (χ4n) is 6.14. The minimum absolute atomic E-state index is 1.10. The van der Waals surface area contributed by atoms with Crippen molar-refractivity contribution in [2.45, 2.75) is 19.8 Å². The van der Waals surface area contributed by atoms with Crippen LogP contribution in [-0.2, 0) is 6.42 Å². The first kappa shape index (κ1) is 24.2. The number of hydrogen-bond acceptors (Lipinski definition) is 0. The van der Waals surface area contributed by atoms with E-state index in [0.29, 0.717) is 0 Å². The number of hydrogen-bond donors (Lipinski definition) is 0. The number of fused-ring (bicyclic) bond motifs is 3. The zero-order valence-electron chi connectivity index (χ0n) is 22.7. The molecule has 0 aliphatic carbocycles. The second-order valence-electron chi connectivity index (χ2n) is 10.5. The van der Waals surface area contributed by atoms with Gasteiger partial charge in [0.25, 0.3) is 0 Å². The quantitative estimate of drug-likeness (QED) is 0.208. The highest BCUT2D eigenvalue weighted by molar-refractivity contribution is 6.09. The van der Waals surface area contributed by atoms with Crippen LogP contribution in [0, 0.1) is 0 Å². The van der Waals surface area contributed by atoms with E-state index in [4.69, 9.17) is 0 Å². The number of nitrogens with zero attached hydrogens (tertiary/aromatic N) is 1. The Morgan fingerprint density at radius 3 is 1.55 bits per heavy atom. The summed E-state index contributed by atoms with van der Waals surface area (Å²) < 4.78 is 2.39. The smallest absolute Gasteiger partial charge is 0.0541 e. The van der Waals surface area contributed by atoms with Gasteiger partial charge in [-0.2, -0.15) is 0 Å². The van der Waals surface area contributed by atoms with E-state index in [9.17, 15) is 0 Å². The first-order valence-electron chi connectivity index (χ1n) is 14.2. The second-order valence-corrected chi connectivity index (χ2v) is 10.5. The Balaban J connectivity index is 1.39. The Morgan fingerprint density at radius 1 is 0.450 bits per heavy atom. The molecule has 0 saturated heterocycles. The van der Waals surface area contributed by atoms with Gasteiger partial charge < -0.3 is 4.57 Å². The molecule has 0 radical (unpaired) electrons. The van der Waals surface area contributed by atoms with Crippen molar-refractivity contribution in [2.24, 2.45) is 0 Å². The molecule has 0 aliphatic rings. The van der Waals surface area contributed by atoms with E-state index >= 15 is 0 Å². The molecule has 0 atom stereocenters. The maximum atomic E-state index is 2.39. The average Bonchev–Trinajstić information content (AvgIpc) is 3.36. The second kappa shape index (κ2) is 10.4. The van der Waals surface area contributed by atoms with Gasteiger partial charge in [-0.1, -0.05) is 135 Å². The number of rotatable bonds is 6. The summed E-state index contributed by atoms with van der Waals surface area (Å²) in [4.78, 5) is 0. The number of aryl methyl sites for hydroxylation is 1. The van der Waals surface area contributed by atoms with Crippen molar-refractivity contribution in [3.8, 4) is 39.1 Å². The molecule has 0 saturated carbocycles. The van der Waals surface area contributed by atoms with Crippen molar-refractivity contribution in [3.63, 3.8) is 0 Å². The Morgan fingerprint density at radius 2 is 0.950 bits per heavy atom. The van der Waals surface area contributed by atoms with Crippen LogP contribution in [0.3, 0.4) is 0 Å². The highest BCUT2D eigenvalue weighted by Crippen LogP contribution is 2.39. The molecule has 192 valence electrons. The van der Waals surface area contributed by atoms with Gasteiger partial charge in [-0.3, -0.25) is 0 Å². The van der Waals surface area contributed by atoms with Crippen molar-refractivity contribution in [1.82, 2.24) is 4.57 Å². The third-order valence-electron chi connectivity index (χ3n) is 7.92. The fraction of sp³-hybridized carbons (Fsp3) is 0.0769. The van der Waals surface area contributed by atoms with Crippen LogP contribution in [0.5, 0.6) is 0 Å². The van der Waals surface area contributed by atoms with E-state index in [0.717, 1.165) is 12.8 Å². The average molecular weight is 514 g/mol. The molecule has 0 fully saturated rings. The van der Waals surface area contributed by atoms with Crippen LogP contribution in [0.2, 0.25) is 0 Å². The van der Waals surface area contributed by atoms with Gasteiger partial charge in [0.2, 0.25) is 0 Å². The van der Waals surface area contributed by atoms with E-state index in [1.54, 1.807) is 0 Å². The first-order valence-corrected chi connectivity index (χ1v) is 14.2. The molecule has 1 heteroatoms. The van der Waals surface area contributed by atoms with Crippen LogP contribution in [0.4, 0.5) is 0 Å². The summed E-state index contributed by atoms with van der Waals surface area (Å²) >= 11 is 0. The number of benzene rings is 6. The minimum Gasteiger partial charge on any atom is -0.309 e. The molecule has 1 nitrogen and oxygen atoms in total. The van der Waals surface area contributed by atoms with E-state index in [1.807, 2.05) is 0 Å². The molecular formula is C39H31N. The topological polar surface area (TPSA) is 4.93 Å². The summed E-state index contributed by atoms with van der Waals surface area (Å²) in [5, 5.41) is 2.56. The summed E-state index contributed by atoms with van der Waals surface area (Å²) in [5.74, 6) is 0. The Bertz CT molecular complexity index is 1920. The molecule has 0 aliphatic heterocycles. The lowest BCUT2D eigenvalue weighted by atomic mass is 9.89. The maximum Gasteiger partial charge on any atom is 0.0541 e. The van der Waals surface area contributed by atoms with Gasteiger partial charge in [-0.05, 0) is 69.6 Å². The molecular weight excluding hydrogens is 482 g/mol. The zero-order valence-corrected chi connectivity index (χ0v) is 22.7. The summed E-state index contributed by atoms with van der Waals surface area (Å²) in [6, 6.07) is 53.0. The van der Waals surface area contributed by atoms with E-state index < -0.39 is 0 Å². The monoisotopic (exact) mass is 513 g/mol. The molecule has 7 aromatic rings. The summed E-state index contributed by atoms with van der Waals surface area (Å²) in [5.41, 5.74) is 12.5. The molecule has 1 heterocycles. The standard InChI is InChI=1S/C39H31N/c1-2-13-28-14-11-15-29(26-28)32-18-3-5-20-34(32)35-21-6-4-19-33(35)30-16-12-17-31(27-30)40-38-24-9-7-22-36(38)37-23-8-10-25-39(37)40/h3-12,14-27H,2,13H2,1H3. The minimum atomic E-state index is 1.10. The molecule has 0 bridgehead atoms. The van der Waals surface area contributed by atoms with Crippen LogP contribution in [0.25, 0.3) is 60.9 Å². The van der Waals surface area contributed by atoms with Crippen LogP contribution >= 0.6 is 0 Å². The highest BCUT2D eigenvalue weighted by Gasteiger charge is 2.15. The van der Waals surface area contributed by atoms with Gasteiger partial charge in [0, 0.05) is 16.5 Å². The lowest BCUT2D eigenvalue weighted by Crippen LogP contribution is -1.95. The Labute approximate surface area is 236 Å². The van der Waals surface area contributed by atoms with Gasteiger partial charge in [0.05, 0.1) is 11.0 Å². The third-order valence-corrected chi connectivity index (χ3v) is 7.92. The summed E-state index contributed by atoms with van der Waals surface area (Å²) in [6.45, 7) is 2.24. The molecule has 40 heavy (non-hydrogen) atoms. The summed E-state index contributed by atoms with van der Waals surface area (Å²) in [6.07, 6.45) is 2.25. The first-order chi connectivity index (χ1) is 19.8. The van der Waals surface area contributed by atoms with Gasteiger partial charge in [0.1, 0.15) is 0 Å². The number of para-hydroxylation sites is 2. The van der Waals surface area contributed by atoms with Gasteiger partial charge in [0.15, 0.2) is 0 Å². The van der Waals surface area contributed by atoms with Crippen LogP contribution in [0.1, 0.15) is 18.9 Å². The SMILES string of the molecule is CCCc1cccc(-c2ccccc2-c2ccccc2-c2cccc(-n3c4ccccc4c4ccccc43)c2)c1. The molecule has 0 N–H and O–H groups in total. The maximum absolute atomic E-state index is 2.39. The predicted molar refractivity (Wildman–Crippen MR) is 171 cm³/mol. The predicted octanol–water partition coefficient (Wildman–Crippen LogP) is 10.7. The van der Waals surface area contributed by atoms with E-state index in [-0.39, 0.29) is 0 Å². The zero-order chi connectivity index (χ0) is 26.9. The van der Waals surface area contributed by atoms with Crippen molar-refractivity contribution < 1.29 is 0 Å². The van der Waals surface area contributed by atoms with Crippen LogP contribution in [-0.4, -0.2) is 4.57 Å². The third kappa shape index (κ3) is 4.21. The van der Waals surface area contributed by atoms with E-state index in [1.165, 1.54) is 66.4 Å². The number of aromatic nitrogens is 1. The highest BCUT2D eigenvalue weighted by atomic mass is 15.0. The lowest BCUT2D eigenvalue weighted by Gasteiger charge is -2.16. The van der Waals surface area contributed by atoms with Crippen LogP contribution in [0.15, 0.2) is 146 Å². The molecule has 6 aromatic carbocycles. The molecule has 1 aromatic heterocycles. The van der Waals surface area contributed by atoms with Crippen molar-refractivity contribution in [1.29, 1.82) is 0 Å². The van der Waals surface area contributed by atoms with Gasteiger partial charge >= 0.3 is 0 Å². The Kier molecular flexibility index (Phi) is 6.26. The van der Waals surface area contributed by atoms with Crippen molar-refractivity contribution in [2.75, 3.05) is 0 Å². The summed E-state index contributed by atoms with van der Waals surface area (Å²) in [7, 11) is 0. The normalized spacial score (nSPS) is 11.3. The van der Waals surface area contributed by atoms with Gasteiger partial charge in [-0.15, -0.1) is 0 Å². The molecule has 0 spiro atoms. The fourth-order valence-corrected chi connectivity index (χ4v) is 6.14. The van der Waals surface area contributed by atoms with Crippen molar-refractivity contribution >= 4 is 21.8 Å². The van der Waals surface area contributed by atoms with Crippen molar-refractivity contribution in [3.05, 3.63) is 151 Å². The molecule has 7 rings (SSSR count). The largest absolute Gasteiger partial charge is 0.309 e. The Hall–Kier alpha value is -4.88. The molecule has 0 unspecified atom stereocenters. The van der Waals surface area contributed by atoms with Crippen LogP contribution < -0.4 is 0 Å². The lowest BCUT2D eigenvalue weighted by molar-refractivity contribution is 0.922. The van der Waals surface area contributed by atoms with E-state index in [2.05, 4.69) is 157 Å². The molecule has 0 amide bonds.